The van der Waals surface area contributed by atoms with Crippen LogP contribution in [0, 0.1) is 11.3 Å². The van der Waals surface area contributed by atoms with Gasteiger partial charge in [0.15, 0.2) is 0 Å². The van der Waals surface area contributed by atoms with Crippen molar-refractivity contribution in [3.8, 4) is 6.07 Å². The molecule has 0 saturated heterocycles. The molecule has 0 radical (unpaired) electrons. The Hall–Kier alpha value is -1.34. The average Bonchev–Trinajstić information content (AvgIpc) is 2.81. The van der Waals surface area contributed by atoms with Crippen LogP contribution in [0.5, 0.6) is 0 Å². The normalized spacial score (nSPS) is 10.9. The minimum atomic E-state index is -0.541. The molecule has 1 rings (SSSR count). The van der Waals surface area contributed by atoms with Crippen LogP contribution in [0.4, 0.5) is 0 Å². The number of hydrogen-bond donors (Lipinski definition) is 0. The second-order valence-corrected chi connectivity index (χ2v) is 5.43. The quantitative estimate of drug-likeness (QED) is 0.754. The molecule has 1 aromatic rings. The molecule has 1 amide bonds. The Kier molecular flexibility index (Phi) is 4.71. The zero-order valence-corrected chi connectivity index (χ0v) is 11.4. The number of nitriles is 1. The van der Waals surface area contributed by atoms with Crippen LogP contribution in [0.15, 0.2) is 17.5 Å². The molecular formula is C13H18N2OS. The molecular weight excluding hydrogens is 232 g/mol. The third kappa shape index (κ3) is 3.07. The van der Waals surface area contributed by atoms with Crippen LogP contribution < -0.4 is 0 Å². The summed E-state index contributed by atoms with van der Waals surface area (Å²) >= 11 is 1.58. The Morgan fingerprint density at radius 3 is 2.76 bits per heavy atom. The molecule has 0 aromatic carbocycles. The molecule has 17 heavy (non-hydrogen) atoms. The maximum absolute atomic E-state index is 12.4. The molecule has 0 saturated carbocycles. The van der Waals surface area contributed by atoms with Crippen molar-refractivity contribution in [2.75, 3.05) is 13.1 Å². The van der Waals surface area contributed by atoms with E-state index in [1.165, 1.54) is 0 Å². The second kappa shape index (κ2) is 5.83. The fourth-order valence-corrected chi connectivity index (χ4v) is 2.59. The summed E-state index contributed by atoms with van der Waals surface area (Å²) in [5.41, 5.74) is -0.541. The van der Waals surface area contributed by atoms with Crippen molar-refractivity contribution >= 4 is 17.2 Å². The van der Waals surface area contributed by atoms with E-state index >= 15 is 0 Å². The van der Waals surface area contributed by atoms with Crippen molar-refractivity contribution in [3.05, 3.63) is 22.4 Å². The van der Waals surface area contributed by atoms with Crippen LogP contribution in [-0.4, -0.2) is 23.9 Å². The summed E-state index contributed by atoms with van der Waals surface area (Å²) in [7, 11) is 0. The zero-order valence-electron chi connectivity index (χ0n) is 10.6. The molecule has 0 aliphatic heterocycles. The number of thiophene rings is 1. The van der Waals surface area contributed by atoms with Crippen molar-refractivity contribution in [2.24, 2.45) is 0 Å². The fourth-order valence-electron chi connectivity index (χ4n) is 1.74. The molecule has 0 aliphatic rings. The van der Waals surface area contributed by atoms with Crippen LogP contribution in [0.1, 0.15) is 32.1 Å². The van der Waals surface area contributed by atoms with E-state index in [0.29, 0.717) is 6.54 Å². The maximum Gasteiger partial charge on any atom is 0.234 e. The third-order valence-electron chi connectivity index (χ3n) is 2.71. The van der Waals surface area contributed by atoms with Gasteiger partial charge in [-0.25, -0.2) is 0 Å². The van der Waals surface area contributed by atoms with Crippen molar-refractivity contribution in [3.63, 3.8) is 0 Å². The SMILES string of the molecule is CCCN(CC#N)C(=O)C(C)(C)c1cccs1. The molecule has 1 aromatic heterocycles. The lowest BCUT2D eigenvalue weighted by Crippen LogP contribution is -2.43. The molecule has 0 fully saturated rings. The smallest absolute Gasteiger partial charge is 0.234 e. The van der Waals surface area contributed by atoms with Crippen LogP contribution in [0.2, 0.25) is 0 Å². The molecule has 0 N–H and O–H groups in total. The summed E-state index contributed by atoms with van der Waals surface area (Å²) in [6.45, 7) is 6.65. The van der Waals surface area contributed by atoms with Crippen LogP contribution >= 0.6 is 11.3 Å². The largest absolute Gasteiger partial charge is 0.329 e. The number of rotatable bonds is 5. The number of carbonyl (C=O) groups is 1. The highest BCUT2D eigenvalue weighted by Crippen LogP contribution is 2.29. The first-order chi connectivity index (χ1) is 8.04. The monoisotopic (exact) mass is 250 g/mol. The summed E-state index contributed by atoms with van der Waals surface area (Å²) in [5, 5.41) is 10.7. The van der Waals surface area contributed by atoms with Gasteiger partial charge in [0, 0.05) is 11.4 Å². The molecule has 0 unspecified atom stereocenters. The summed E-state index contributed by atoms with van der Waals surface area (Å²) in [4.78, 5) is 15.1. The Balaban J connectivity index is 2.90. The first-order valence-electron chi connectivity index (χ1n) is 5.74. The molecule has 0 bridgehead atoms. The van der Waals surface area contributed by atoms with Crippen molar-refractivity contribution in [2.45, 2.75) is 32.6 Å². The first kappa shape index (κ1) is 13.7. The Morgan fingerprint density at radius 2 is 2.29 bits per heavy atom. The van der Waals surface area contributed by atoms with E-state index in [9.17, 15) is 4.79 Å². The summed E-state index contributed by atoms with van der Waals surface area (Å²) < 4.78 is 0. The fraction of sp³-hybridized carbons (Fsp3) is 0.538. The Bertz CT molecular complexity index is 404. The maximum atomic E-state index is 12.4. The summed E-state index contributed by atoms with van der Waals surface area (Å²) in [5.74, 6) is 0.0309. The van der Waals surface area contributed by atoms with Crippen molar-refractivity contribution < 1.29 is 4.79 Å². The second-order valence-electron chi connectivity index (χ2n) is 4.49. The predicted octanol–water partition coefficient (Wildman–Crippen LogP) is 2.79. The highest BCUT2D eigenvalue weighted by atomic mass is 32.1. The van der Waals surface area contributed by atoms with E-state index in [2.05, 4.69) is 6.07 Å². The van der Waals surface area contributed by atoms with Gasteiger partial charge in [0.1, 0.15) is 6.54 Å². The van der Waals surface area contributed by atoms with Crippen LogP contribution in [0.3, 0.4) is 0 Å². The van der Waals surface area contributed by atoms with Gasteiger partial charge in [0.2, 0.25) is 5.91 Å². The summed E-state index contributed by atoms with van der Waals surface area (Å²) in [6, 6.07) is 5.98. The molecule has 92 valence electrons. The van der Waals surface area contributed by atoms with Gasteiger partial charge < -0.3 is 4.90 Å². The van der Waals surface area contributed by atoms with Gasteiger partial charge in [-0.3, -0.25) is 4.79 Å². The first-order valence-corrected chi connectivity index (χ1v) is 6.62. The van der Waals surface area contributed by atoms with Crippen molar-refractivity contribution in [1.82, 2.24) is 4.90 Å². The molecule has 4 heteroatoms. The predicted molar refractivity (Wildman–Crippen MR) is 69.8 cm³/mol. The van der Waals surface area contributed by atoms with Gasteiger partial charge in [-0.15, -0.1) is 11.3 Å². The standard InChI is InChI=1S/C13H18N2OS/c1-4-8-15(9-7-14)12(16)13(2,3)11-6-5-10-17-11/h5-6,10H,4,8-9H2,1-3H3. The van der Waals surface area contributed by atoms with Gasteiger partial charge in [-0.05, 0) is 31.7 Å². The minimum absolute atomic E-state index is 0.0309. The third-order valence-corrected chi connectivity index (χ3v) is 3.91. The summed E-state index contributed by atoms with van der Waals surface area (Å²) in [6.07, 6.45) is 0.869. The molecule has 0 aliphatic carbocycles. The lowest BCUT2D eigenvalue weighted by Gasteiger charge is -2.29. The minimum Gasteiger partial charge on any atom is -0.329 e. The van der Waals surface area contributed by atoms with E-state index in [0.717, 1.165) is 11.3 Å². The Labute approximate surface area is 107 Å². The van der Waals surface area contributed by atoms with E-state index in [1.54, 1.807) is 16.2 Å². The topological polar surface area (TPSA) is 44.1 Å². The van der Waals surface area contributed by atoms with E-state index in [-0.39, 0.29) is 12.5 Å². The highest BCUT2D eigenvalue weighted by molar-refractivity contribution is 7.10. The van der Waals surface area contributed by atoms with Crippen LogP contribution in [-0.2, 0) is 10.2 Å². The Morgan fingerprint density at radius 1 is 1.59 bits per heavy atom. The number of nitrogens with zero attached hydrogens (tertiary/aromatic N) is 2. The number of hydrogen-bond acceptors (Lipinski definition) is 3. The highest BCUT2D eigenvalue weighted by Gasteiger charge is 2.34. The molecule has 0 spiro atoms. The molecule has 3 nitrogen and oxygen atoms in total. The zero-order chi connectivity index (χ0) is 12.9. The van der Waals surface area contributed by atoms with E-state index in [4.69, 9.17) is 5.26 Å². The lowest BCUT2D eigenvalue weighted by atomic mass is 9.89. The van der Waals surface area contributed by atoms with Gasteiger partial charge in [-0.1, -0.05) is 13.0 Å². The molecule has 1 heterocycles. The van der Waals surface area contributed by atoms with Gasteiger partial charge in [0.05, 0.1) is 11.5 Å². The van der Waals surface area contributed by atoms with Gasteiger partial charge >= 0.3 is 0 Å². The average molecular weight is 250 g/mol. The number of carbonyl (C=O) groups excluding carboxylic acids is 1. The van der Waals surface area contributed by atoms with Crippen LogP contribution in [0.25, 0.3) is 0 Å². The number of amides is 1. The molecule has 0 atom stereocenters. The van der Waals surface area contributed by atoms with Crippen molar-refractivity contribution in [1.29, 1.82) is 5.26 Å². The lowest BCUT2D eigenvalue weighted by molar-refractivity contribution is -0.135. The van der Waals surface area contributed by atoms with E-state index < -0.39 is 5.41 Å². The van der Waals surface area contributed by atoms with Gasteiger partial charge in [0.25, 0.3) is 0 Å². The van der Waals surface area contributed by atoms with E-state index in [1.807, 2.05) is 38.3 Å². The van der Waals surface area contributed by atoms with Gasteiger partial charge in [-0.2, -0.15) is 5.26 Å².